The number of rotatable bonds is 5. The number of fused-ring (bicyclic) bond motifs is 1. The molecule has 1 fully saturated rings. The first kappa shape index (κ1) is 17.3. The third-order valence-corrected chi connectivity index (χ3v) is 5.62. The van der Waals surface area contributed by atoms with Crippen LogP contribution in [0.1, 0.15) is 30.5 Å². The molecule has 0 saturated carbocycles. The van der Waals surface area contributed by atoms with E-state index in [2.05, 4.69) is 63.2 Å². The molecular weight excluding hydrogens is 320 g/mol. The topological polar surface area (TPSA) is 35.2 Å². The second-order valence-electron chi connectivity index (χ2n) is 7.46. The second-order valence-corrected chi connectivity index (χ2v) is 7.46. The molecular formula is C22H28N4. The van der Waals surface area contributed by atoms with Crippen LogP contribution in [0.4, 0.5) is 0 Å². The summed E-state index contributed by atoms with van der Waals surface area (Å²) in [5.41, 5.74) is 3.86. The van der Waals surface area contributed by atoms with Crippen LogP contribution in [0.2, 0.25) is 0 Å². The minimum atomic E-state index is 0.642. The fraction of sp³-hybridized carbons (Fsp3) is 0.409. The van der Waals surface area contributed by atoms with Gasteiger partial charge in [-0.25, -0.2) is 0 Å². The molecule has 3 aromatic rings. The van der Waals surface area contributed by atoms with Gasteiger partial charge in [0.25, 0.3) is 0 Å². The molecule has 1 N–H and O–H groups in total. The Labute approximate surface area is 155 Å². The molecule has 0 radical (unpaired) electrons. The Balaban J connectivity index is 1.36. The number of aromatic nitrogens is 2. The maximum Gasteiger partial charge on any atom is 0.0543 e. The van der Waals surface area contributed by atoms with Crippen LogP contribution < -0.4 is 0 Å². The zero-order valence-electron chi connectivity index (χ0n) is 15.6. The van der Waals surface area contributed by atoms with Crippen molar-refractivity contribution in [3.05, 3.63) is 66.1 Å². The lowest BCUT2D eigenvalue weighted by Gasteiger charge is -2.27. The zero-order chi connectivity index (χ0) is 17.8. The Morgan fingerprint density at radius 2 is 2.08 bits per heavy atom. The van der Waals surface area contributed by atoms with Gasteiger partial charge in [0.05, 0.1) is 5.69 Å². The van der Waals surface area contributed by atoms with Gasteiger partial charge in [0.15, 0.2) is 0 Å². The van der Waals surface area contributed by atoms with Crippen molar-refractivity contribution in [2.75, 3.05) is 20.1 Å². The molecule has 1 atom stereocenters. The van der Waals surface area contributed by atoms with E-state index in [9.17, 15) is 0 Å². The summed E-state index contributed by atoms with van der Waals surface area (Å²) in [7, 11) is 2.24. The quantitative estimate of drug-likeness (QED) is 0.755. The molecule has 26 heavy (non-hydrogen) atoms. The Morgan fingerprint density at radius 1 is 1.12 bits per heavy atom. The highest BCUT2D eigenvalue weighted by Gasteiger charge is 2.21. The molecule has 3 heterocycles. The van der Waals surface area contributed by atoms with Gasteiger partial charge in [0, 0.05) is 37.0 Å². The van der Waals surface area contributed by atoms with Crippen LogP contribution in [-0.4, -0.2) is 45.9 Å². The number of hydrogen-bond donors (Lipinski definition) is 1. The predicted molar refractivity (Wildman–Crippen MR) is 107 cm³/mol. The van der Waals surface area contributed by atoms with Crippen molar-refractivity contribution >= 4 is 10.9 Å². The van der Waals surface area contributed by atoms with Gasteiger partial charge in [0.1, 0.15) is 0 Å². The van der Waals surface area contributed by atoms with Crippen LogP contribution in [-0.2, 0) is 13.1 Å². The number of benzene rings is 1. The molecule has 4 nitrogen and oxygen atoms in total. The van der Waals surface area contributed by atoms with E-state index >= 15 is 0 Å². The molecule has 1 saturated heterocycles. The van der Waals surface area contributed by atoms with E-state index in [4.69, 9.17) is 0 Å². The molecule has 136 valence electrons. The molecule has 1 aromatic carbocycles. The van der Waals surface area contributed by atoms with Gasteiger partial charge in [-0.15, -0.1) is 0 Å². The molecule has 0 bridgehead atoms. The van der Waals surface area contributed by atoms with E-state index in [0.29, 0.717) is 6.04 Å². The second kappa shape index (κ2) is 8.02. The molecule has 0 unspecified atom stereocenters. The van der Waals surface area contributed by atoms with E-state index in [0.717, 1.165) is 25.3 Å². The third kappa shape index (κ3) is 3.97. The predicted octanol–water partition coefficient (Wildman–Crippen LogP) is 4.05. The van der Waals surface area contributed by atoms with Crippen molar-refractivity contribution < 1.29 is 0 Å². The average Bonchev–Trinajstić information content (AvgIpc) is 3.03. The Kier molecular flexibility index (Phi) is 5.32. The van der Waals surface area contributed by atoms with Gasteiger partial charge in [-0.1, -0.05) is 24.3 Å². The van der Waals surface area contributed by atoms with Gasteiger partial charge in [-0.2, -0.15) is 0 Å². The summed E-state index contributed by atoms with van der Waals surface area (Å²) in [6.45, 7) is 4.32. The molecule has 4 heteroatoms. The maximum atomic E-state index is 4.48. The lowest BCUT2D eigenvalue weighted by atomic mass is 10.1. The van der Waals surface area contributed by atoms with Crippen LogP contribution in [0.3, 0.4) is 0 Å². The summed E-state index contributed by atoms with van der Waals surface area (Å²) < 4.78 is 0. The fourth-order valence-corrected chi connectivity index (χ4v) is 4.14. The van der Waals surface area contributed by atoms with E-state index in [1.807, 2.05) is 18.5 Å². The standard InChI is InChI=1S/C22H28N4/c1-25(17-20-8-2-3-12-23-20)21-9-5-14-26(15-11-21)16-19-7-4-6-18-10-13-24-22(18)19/h2-4,6-8,10,12-13,21,24H,5,9,11,14-17H2,1H3/t21-/m0/s1. The summed E-state index contributed by atoms with van der Waals surface area (Å²) in [4.78, 5) is 13.0. The Bertz CT molecular complexity index is 826. The van der Waals surface area contributed by atoms with Gasteiger partial charge in [-0.05, 0) is 68.5 Å². The molecule has 4 rings (SSSR count). The molecule has 2 aromatic heterocycles. The highest BCUT2D eigenvalue weighted by molar-refractivity contribution is 5.82. The van der Waals surface area contributed by atoms with Crippen molar-refractivity contribution in [2.24, 2.45) is 0 Å². The number of pyridine rings is 1. The van der Waals surface area contributed by atoms with Crippen LogP contribution in [0.15, 0.2) is 54.9 Å². The number of likely N-dealkylation sites (tertiary alicyclic amines) is 1. The number of nitrogens with zero attached hydrogens (tertiary/aromatic N) is 3. The van der Waals surface area contributed by atoms with Crippen molar-refractivity contribution in [1.82, 2.24) is 19.8 Å². The van der Waals surface area contributed by atoms with Crippen molar-refractivity contribution in [3.8, 4) is 0 Å². The summed E-state index contributed by atoms with van der Waals surface area (Å²) in [6, 6.07) is 15.6. The van der Waals surface area contributed by atoms with Crippen molar-refractivity contribution in [3.63, 3.8) is 0 Å². The van der Waals surface area contributed by atoms with Crippen molar-refractivity contribution in [2.45, 2.75) is 38.4 Å². The SMILES string of the molecule is CN(Cc1ccccn1)[C@H]1CCCN(Cc2cccc3cc[nH]c23)CC1. The monoisotopic (exact) mass is 348 g/mol. The first-order chi connectivity index (χ1) is 12.8. The molecule has 1 aliphatic heterocycles. The minimum Gasteiger partial charge on any atom is -0.361 e. The Morgan fingerprint density at radius 3 is 2.96 bits per heavy atom. The molecule has 0 spiro atoms. The lowest BCUT2D eigenvalue weighted by Crippen LogP contribution is -2.32. The minimum absolute atomic E-state index is 0.642. The summed E-state index contributed by atoms with van der Waals surface area (Å²) in [6.07, 6.45) is 7.69. The van der Waals surface area contributed by atoms with Crippen molar-refractivity contribution in [1.29, 1.82) is 0 Å². The largest absolute Gasteiger partial charge is 0.361 e. The number of aromatic amines is 1. The molecule has 1 aliphatic rings. The number of nitrogens with one attached hydrogen (secondary N) is 1. The van der Waals surface area contributed by atoms with Gasteiger partial charge in [0.2, 0.25) is 0 Å². The zero-order valence-corrected chi connectivity index (χ0v) is 15.6. The normalized spacial score (nSPS) is 19.1. The first-order valence-corrected chi connectivity index (χ1v) is 9.67. The molecule has 0 aliphatic carbocycles. The van der Waals surface area contributed by atoms with Crippen LogP contribution >= 0.6 is 0 Å². The maximum absolute atomic E-state index is 4.48. The van der Waals surface area contributed by atoms with E-state index in [1.54, 1.807) is 0 Å². The fourth-order valence-electron chi connectivity index (χ4n) is 4.14. The number of para-hydroxylation sites is 1. The number of hydrogen-bond acceptors (Lipinski definition) is 3. The third-order valence-electron chi connectivity index (χ3n) is 5.62. The molecule has 0 amide bonds. The van der Waals surface area contributed by atoms with Gasteiger partial charge in [-0.3, -0.25) is 14.8 Å². The van der Waals surface area contributed by atoms with E-state index < -0.39 is 0 Å². The lowest BCUT2D eigenvalue weighted by molar-refractivity contribution is 0.204. The Hall–Kier alpha value is -2.17. The summed E-state index contributed by atoms with van der Waals surface area (Å²) in [5.74, 6) is 0. The van der Waals surface area contributed by atoms with Gasteiger partial charge >= 0.3 is 0 Å². The van der Waals surface area contributed by atoms with Crippen LogP contribution in [0.25, 0.3) is 10.9 Å². The van der Waals surface area contributed by atoms with E-state index in [-0.39, 0.29) is 0 Å². The highest BCUT2D eigenvalue weighted by Crippen LogP contribution is 2.22. The highest BCUT2D eigenvalue weighted by atomic mass is 15.2. The first-order valence-electron chi connectivity index (χ1n) is 9.67. The van der Waals surface area contributed by atoms with Crippen LogP contribution in [0.5, 0.6) is 0 Å². The summed E-state index contributed by atoms with van der Waals surface area (Å²) in [5, 5.41) is 1.31. The van der Waals surface area contributed by atoms with E-state index in [1.165, 1.54) is 42.3 Å². The average molecular weight is 348 g/mol. The number of H-pyrrole nitrogens is 1. The van der Waals surface area contributed by atoms with Gasteiger partial charge < -0.3 is 4.98 Å². The van der Waals surface area contributed by atoms with Crippen LogP contribution in [0, 0.1) is 0 Å². The summed E-state index contributed by atoms with van der Waals surface area (Å²) >= 11 is 0. The smallest absolute Gasteiger partial charge is 0.0543 e.